The van der Waals surface area contributed by atoms with Gasteiger partial charge in [-0.3, -0.25) is 0 Å². The highest BCUT2D eigenvalue weighted by atomic mass is 16.5. The quantitative estimate of drug-likeness (QED) is 0.468. The fourth-order valence-corrected chi connectivity index (χ4v) is 5.65. The van der Waals surface area contributed by atoms with Crippen molar-refractivity contribution in [3.05, 3.63) is 46.5 Å². The first-order valence-corrected chi connectivity index (χ1v) is 13.6. The summed E-state index contributed by atoms with van der Waals surface area (Å²) in [4.78, 5) is 9.26. The monoisotopic (exact) mass is 504 g/mol. The van der Waals surface area contributed by atoms with Gasteiger partial charge in [0.2, 0.25) is 11.8 Å². The van der Waals surface area contributed by atoms with Crippen LogP contribution < -0.4 is 0 Å². The van der Waals surface area contributed by atoms with E-state index in [9.17, 15) is 10.2 Å². The van der Waals surface area contributed by atoms with Crippen molar-refractivity contribution in [2.24, 2.45) is 9.98 Å². The van der Waals surface area contributed by atoms with E-state index in [4.69, 9.17) is 9.47 Å². The Morgan fingerprint density at radius 2 is 0.919 bits per heavy atom. The first-order chi connectivity index (χ1) is 17.4. The van der Waals surface area contributed by atoms with Gasteiger partial charge in [-0.2, -0.15) is 0 Å². The number of rotatable bonds is 2. The van der Waals surface area contributed by atoms with E-state index in [-0.39, 0.29) is 28.0 Å². The van der Waals surface area contributed by atoms with Gasteiger partial charge in [0.05, 0.1) is 22.2 Å². The normalized spacial score (nSPS) is 22.0. The van der Waals surface area contributed by atoms with Crippen LogP contribution >= 0.6 is 0 Å². The molecule has 2 aliphatic heterocycles. The fraction of sp³-hybridized carbons (Fsp3) is 0.548. The predicted octanol–water partition coefficient (Wildman–Crippen LogP) is 6.86. The molecule has 1 saturated carbocycles. The van der Waals surface area contributed by atoms with Crippen molar-refractivity contribution in [3.63, 3.8) is 0 Å². The van der Waals surface area contributed by atoms with Gasteiger partial charge in [-0.05, 0) is 74.2 Å². The number of aliphatic imine (C=N–C) groups is 2. The third kappa shape index (κ3) is 4.83. The van der Waals surface area contributed by atoms with E-state index in [1.54, 1.807) is 12.1 Å². The molecule has 0 radical (unpaired) electrons. The molecule has 0 spiro atoms. The van der Waals surface area contributed by atoms with Crippen LogP contribution in [0.1, 0.15) is 102 Å². The van der Waals surface area contributed by atoms with Crippen LogP contribution in [-0.2, 0) is 14.9 Å². The number of phenolic OH excluding ortho intramolecular Hbond substituents is 2. The Hall–Kier alpha value is -3.02. The maximum absolute atomic E-state index is 10.8. The van der Waals surface area contributed by atoms with Crippen molar-refractivity contribution < 1.29 is 19.7 Å². The van der Waals surface area contributed by atoms with Gasteiger partial charge in [-0.15, -0.1) is 0 Å². The zero-order valence-electron chi connectivity index (χ0n) is 23.1. The van der Waals surface area contributed by atoms with E-state index >= 15 is 0 Å². The summed E-state index contributed by atoms with van der Waals surface area (Å²) >= 11 is 0. The molecule has 0 aromatic heterocycles. The van der Waals surface area contributed by atoms with Crippen LogP contribution in [0.3, 0.4) is 0 Å². The lowest BCUT2D eigenvalue weighted by Gasteiger charge is -2.23. The van der Waals surface area contributed by atoms with E-state index < -0.39 is 0 Å². The minimum Gasteiger partial charge on any atom is -0.507 e. The third-order valence-electron chi connectivity index (χ3n) is 7.80. The summed E-state index contributed by atoms with van der Waals surface area (Å²) in [6, 6.07) is 7.44. The van der Waals surface area contributed by atoms with Gasteiger partial charge >= 0.3 is 0 Å². The fourth-order valence-electron chi connectivity index (χ4n) is 5.65. The molecule has 6 heteroatoms. The molecular weight excluding hydrogens is 464 g/mol. The molecule has 2 aromatic carbocycles. The van der Waals surface area contributed by atoms with Crippen LogP contribution in [0, 0.1) is 0 Å². The zero-order chi connectivity index (χ0) is 26.6. The highest BCUT2D eigenvalue weighted by molar-refractivity contribution is 6.02. The number of fused-ring (bicyclic) bond motifs is 3. The maximum atomic E-state index is 10.8. The van der Waals surface area contributed by atoms with Crippen molar-refractivity contribution in [2.75, 3.05) is 13.2 Å². The Morgan fingerprint density at radius 3 is 1.22 bits per heavy atom. The lowest BCUT2D eigenvalue weighted by molar-refractivity contribution is 0.279. The summed E-state index contributed by atoms with van der Waals surface area (Å²) in [5.74, 6) is 1.17. The number of nitrogens with zero attached hydrogens (tertiary/aromatic N) is 2. The molecule has 0 atom stereocenters. The second-order valence-electron chi connectivity index (χ2n) is 12.6. The molecule has 2 aromatic rings. The molecule has 4 aliphatic rings. The topological polar surface area (TPSA) is 83.6 Å². The summed E-state index contributed by atoms with van der Waals surface area (Å²) in [7, 11) is 0. The molecule has 0 unspecified atom stereocenters. The third-order valence-corrected chi connectivity index (χ3v) is 7.80. The summed E-state index contributed by atoms with van der Waals surface area (Å²) in [5, 5.41) is 21.6. The average molecular weight is 505 g/mol. The largest absolute Gasteiger partial charge is 0.507 e. The number of phenols is 2. The molecular formula is C31H40N2O4. The first-order valence-electron chi connectivity index (χ1n) is 13.6. The highest BCUT2D eigenvalue weighted by Gasteiger charge is 2.40. The Kier molecular flexibility index (Phi) is 6.28. The van der Waals surface area contributed by atoms with Gasteiger partial charge < -0.3 is 19.7 Å². The lowest BCUT2D eigenvalue weighted by atomic mass is 9.81. The molecule has 6 rings (SSSR count). The Balaban J connectivity index is 0.000000412. The summed E-state index contributed by atoms with van der Waals surface area (Å²) in [6.07, 6.45) is 9.00. The smallest absolute Gasteiger partial charge is 0.220 e. The molecule has 198 valence electrons. The average Bonchev–Trinajstić information content (AvgIpc) is 3.45. The highest BCUT2D eigenvalue weighted by Crippen LogP contribution is 2.52. The standard InChI is InChI=1S/C25H28N2O4.C6H12/c1-23(2)11-30-21(26-23)15-7-17-13(9-19(15)28)14-10-20(29)16(8-18(14)25(17,5)6)22-27-24(3,4)12-31-22;1-2-4-6-5-3-1/h7-10,28-29H,11-12H2,1-6H3;1-6H2. The number of hydrogen-bond donors (Lipinski definition) is 2. The second-order valence-corrected chi connectivity index (χ2v) is 12.6. The summed E-state index contributed by atoms with van der Waals surface area (Å²) < 4.78 is 11.6. The molecule has 6 nitrogen and oxygen atoms in total. The summed E-state index contributed by atoms with van der Waals surface area (Å²) in [5.41, 5.74) is 4.13. The van der Waals surface area contributed by atoms with Crippen LogP contribution in [0.5, 0.6) is 11.5 Å². The SMILES string of the molecule is C1CCCCC1.CC1(C)COC(c2cc3c(cc2O)-c2cc(O)c(C4=NC(C)(C)CO4)cc2C3(C)C)=N1. The van der Waals surface area contributed by atoms with Gasteiger partial charge in [0.15, 0.2) is 0 Å². The Morgan fingerprint density at radius 1 is 0.568 bits per heavy atom. The Labute approximate surface area is 220 Å². The molecule has 0 bridgehead atoms. The van der Waals surface area contributed by atoms with Crippen molar-refractivity contribution in [2.45, 2.75) is 96.6 Å². The van der Waals surface area contributed by atoms with Crippen molar-refractivity contribution in [1.82, 2.24) is 0 Å². The second kappa shape index (κ2) is 9.07. The minimum absolute atomic E-state index is 0.118. The van der Waals surface area contributed by atoms with Crippen molar-refractivity contribution >= 4 is 11.8 Å². The van der Waals surface area contributed by atoms with E-state index in [0.717, 1.165) is 22.3 Å². The van der Waals surface area contributed by atoms with Gasteiger partial charge in [0.1, 0.15) is 24.7 Å². The molecule has 2 N–H and O–H groups in total. The van der Waals surface area contributed by atoms with E-state index in [2.05, 4.69) is 23.8 Å². The Bertz CT molecular complexity index is 1180. The lowest BCUT2D eigenvalue weighted by Crippen LogP contribution is -2.17. The number of benzene rings is 2. The van der Waals surface area contributed by atoms with Gasteiger partial charge in [-0.25, -0.2) is 9.98 Å². The summed E-state index contributed by atoms with van der Waals surface area (Å²) in [6.45, 7) is 13.3. The van der Waals surface area contributed by atoms with Crippen LogP contribution in [0.25, 0.3) is 11.1 Å². The van der Waals surface area contributed by atoms with Gasteiger partial charge in [0.25, 0.3) is 0 Å². The van der Waals surface area contributed by atoms with Crippen LogP contribution in [0.4, 0.5) is 0 Å². The van der Waals surface area contributed by atoms with E-state index in [1.807, 2.05) is 39.8 Å². The molecule has 2 heterocycles. The first kappa shape index (κ1) is 25.6. The van der Waals surface area contributed by atoms with Crippen LogP contribution in [0.2, 0.25) is 0 Å². The van der Waals surface area contributed by atoms with Gasteiger partial charge in [-0.1, -0.05) is 52.4 Å². The zero-order valence-corrected chi connectivity index (χ0v) is 23.1. The molecule has 2 aliphatic carbocycles. The maximum Gasteiger partial charge on any atom is 0.220 e. The molecule has 0 saturated heterocycles. The van der Waals surface area contributed by atoms with Crippen LogP contribution in [-0.4, -0.2) is 46.3 Å². The van der Waals surface area contributed by atoms with E-state index in [0.29, 0.717) is 36.1 Å². The van der Waals surface area contributed by atoms with Crippen molar-refractivity contribution in [1.29, 1.82) is 0 Å². The molecule has 1 fully saturated rings. The number of aromatic hydroxyl groups is 2. The van der Waals surface area contributed by atoms with Crippen molar-refractivity contribution in [3.8, 4) is 22.6 Å². The predicted molar refractivity (Wildman–Crippen MR) is 148 cm³/mol. The molecule has 37 heavy (non-hydrogen) atoms. The van der Waals surface area contributed by atoms with E-state index in [1.165, 1.54) is 38.5 Å². The van der Waals surface area contributed by atoms with Gasteiger partial charge in [0, 0.05) is 5.41 Å². The molecule has 0 amide bonds. The minimum atomic E-state index is -0.348. The number of ether oxygens (including phenoxy) is 2. The van der Waals surface area contributed by atoms with Crippen LogP contribution in [0.15, 0.2) is 34.3 Å². The number of hydrogen-bond acceptors (Lipinski definition) is 6.